The molecule has 3 aromatic rings. The van der Waals surface area contributed by atoms with E-state index in [1.807, 2.05) is 20.8 Å². The highest BCUT2D eigenvalue weighted by Crippen LogP contribution is 2.25. The molecule has 29 heavy (non-hydrogen) atoms. The normalized spacial score (nSPS) is 10.6. The highest BCUT2D eigenvalue weighted by molar-refractivity contribution is 6.04. The van der Waals surface area contributed by atoms with Crippen molar-refractivity contribution in [3.05, 3.63) is 80.7 Å². The van der Waals surface area contributed by atoms with Gasteiger partial charge in [0.2, 0.25) is 0 Å². The van der Waals surface area contributed by atoms with Gasteiger partial charge in [0.1, 0.15) is 18.1 Å². The number of hydrogen-bond acceptors (Lipinski definition) is 6. The van der Waals surface area contributed by atoms with Crippen LogP contribution in [-0.4, -0.2) is 16.0 Å². The van der Waals surface area contributed by atoms with Crippen molar-refractivity contribution in [3.63, 3.8) is 0 Å². The lowest BCUT2D eigenvalue weighted by atomic mass is 10.1. The fourth-order valence-corrected chi connectivity index (χ4v) is 2.90. The third kappa shape index (κ3) is 4.60. The maximum Gasteiger partial charge on any atom is 0.274 e. The monoisotopic (exact) mass is 395 g/mol. The maximum absolute atomic E-state index is 12.6. The average molecular weight is 395 g/mol. The second-order valence-electron chi connectivity index (χ2n) is 6.53. The fraction of sp³-hybridized carbons (Fsp3) is 0.238. The van der Waals surface area contributed by atoms with Gasteiger partial charge in [0.05, 0.1) is 16.2 Å². The first-order valence-electron chi connectivity index (χ1n) is 9.12. The van der Waals surface area contributed by atoms with E-state index in [0.717, 1.165) is 11.3 Å². The molecule has 150 valence electrons. The van der Waals surface area contributed by atoms with Crippen molar-refractivity contribution in [2.45, 2.75) is 33.8 Å². The van der Waals surface area contributed by atoms with Crippen LogP contribution in [0.1, 0.15) is 39.9 Å². The number of rotatable bonds is 7. The van der Waals surface area contributed by atoms with E-state index in [1.54, 1.807) is 36.4 Å². The molecule has 0 saturated heterocycles. The van der Waals surface area contributed by atoms with Gasteiger partial charge >= 0.3 is 0 Å². The van der Waals surface area contributed by atoms with E-state index in [1.165, 1.54) is 6.07 Å². The number of nitro groups is 1. The van der Waals surface area contributed by atoms with E-state index >= 15 is 0 Å². The van der Waals surface area contributed by atoms with E-state index in [9.17, 15) is 14.9 Å². The van der Waals surface area contributed by atoms with E-state index in [-0.39, 0.29) is 18.2 Å². The van der Waals surface area contributed by atoms with Crippen LogP contribution in [0.15, 0.2) is 47.0 Å². The molecule has 0 bridgehead atoms. The summed E-state index contributed by atoms with van der Waals surface area (Å²) in [5.74, 6) is 0.824. The molecule has 0 aliphatic rings. The molecule has 1 amide bonds. The van der Waals surface area contributed by atoms with Gasteiger partial charge in [-0.15, -0.1) is 0 Å². The van der Waals surface area contributed by atoms with Gasteiger partial charge in [0, 0.05) is 22.9 Å². The van der Waals surface area contributed by atoms with Gasteiger partial charge in [-0.05, 0) is 44.5 Å². The highest BCUT2D eigenvalue weighted by atomic mass is 16.6. The van der Waals surface area contributed by atoms with Crippen molar-refractivity contribution < 1.29 is 19.0 Å². The summed E-state index contributed by atoms with van der Waals surface area (Å²) in [6.07, 6.45) is 0.537. The number of carbonyl (C=O) groups excluding carboxylic acids is 1. The van der Waals surface area contributed by atoms with Crippen LogP contribution < -0.4 is 10.1 Å². The SMILES string of the molecule is CCc1ccc(NC(=O)c2cccc(OCc3c(C)noc3C)c2)cc1[N+](=O)[O-]. The van der Waals surface area contributed by atoms with E-state index in [4.69, 9.17) is 9.26 Å². The second-order valence-corrected chi connectivity index (χ2v) is 6.53. The summed E-state index contributed by atoms with van der Waals surface area (Å²) in [5.41, 5.74) is 2.96. The maximum atomic E-state index is 12.6. The standard InChI is InChI=1S/C21H21N3O5/c1-4-15-8-9-17(11-20(15)24(26)27)22-21(25)16-6-5-7-18(10-16)28-12-19-13(2)23-29-14(19)3/h5-11H,4,12H2,1-3H3,(H,22,25). The summed E-state index contributed by atoms with van der Waals surface area (Å²) in [5, 5.41) is 17.8. The fourth-order valence-electron chi connectivity index (χ4n) is 2.90. The topological polar surface area (TPSA) is 108 Å². The number of amides is 1. The summed E-state index contributed by atoms with van der Waals surface area (Å²) in [6, 6.07) is 11.4. The van der Waals surface area contributed by atoms with Crippen LogP contribution in [0.25, 0.3) is 0 Å². The van der Waals surface area contributed by atoms with Crippen molar-refractivity contribution in [2.75, 3.05) is 5.32 Å². The molecule has 0 radical (unpaired) electrons. The zero-order valence-corrected chi connectivity index (χ0v) is 16.4. The molecule has 8 heteroatoms. The lowest BCUT2D eigenvalue weighted by molar-refractivity contribution is -0.385. The smallest absolute Gasteiger partial charge is 0.274 e. The van der Waals surface area contributed by atoms with E-state index in [2.05, 4.69) is 10.5 Å². The Labute approximate surface area is 167 Å². The molecule has 0 spiro atoms. The van der Waals surface area contributed by atoms with Crippen molar-refractivity contribution >= 4 is 17.3 Å². The molecule has 0 aliphatic carbocycles. The molecule has 3 rings (SSSR count). The number of anilines is 1. The molecule has 1 aromatic heterocycles. The number of nitro benzene ring substituents is 1. The van der Waals surface area contributed by atoms with Crippen LogP contribution in [0.3, 0.4) is 0 Å². The van der Waals surface area contributed by atoms with Crippen LogP contribution in [0.5, 0.6) is 5.75 Å². The quantitative estimate of drug-likeness (QED) is 0.463. The number of aryl methyl sites for hydroxylation is 3. The predicted molar refractivity (Wildman–Crippen MR) is 107 cm³/mol. The molecule has 0 saturated carbocycles. The summed E-state index contributed by atoms with van der Waals surface area (Å²) >= 11 is 0. The van der Waals surface area contributed by atoms with Gasteiger partial charge in [-0.1, -0.05) is 24.2 Å². The minimum atomic E-state index is -0.447. The van der Waals surface area contributed by atoms with E-state index in [0.29, 0.717) is 34.7 Å². The Kier molecular flexibility index (Phi) is 5.92. The van der Waals surface area contributed by atoms with Crippen molar-refractivity contribution in [1.29, 1.82) is 0 Å². The molecule has 0 fully saturated rings. The lowest BCUT2D eigenvalue weighted by Gasteiger charge is -2.09. The predicted octanol–water partition coefficient (Wildman–Crippen LogP) is 4.59. The van der Waals surface area contributed by atoms with Crippen LogP contribution in [0.2, 0.25) is 0 Å². The Morgan fingerprint density at radius 3 is 2.69 bits per heavy atom. The zero-order chi connectivity index (χ0) is 21.0. The lowest BCUT2D eigenvalue weighted by Crippen LogP contribution is -2.12. The van der Waals surface area contributed by atoms with Gasteiger partial charge in [0.25, 0.3) is 11.6 Å². The number of benzene rings is 2. The molecule has 0 atom stereocenters. The van der Waals surface area contributed by atoms with Crippen LogP contribution in [0.4, 0.5) is 11.4 Å². The highest BCUT2D eigenvalue weighted by Gasteiger charge is 2.15. The summed E-state index contributed by atoms with van der Waals surface area (Å²) < 4.78 is 10.9. The van der Waals surface area contributed by atoms with Crippen LogP contribution in [0, 0.1) is 24.0 Å². The first kappa shape index (κ1) is 20.1. The largest absolute Gasteiger partial charge is 0.489 e. The Hall–Kier alpha value is -3.68. The summed E-state index contributed by atoms with van der Waals surface area (Å²) in [4.78, 5) is 23.4. The van der Waals surface area contributed by atoms with Crippen molar-refractivity contribution in [1.82, 2.24) is 5.16 Å². The minimum absolute atomic E-state index is 0.0122. The Morgan fingerprint density at radius 1 is 1.24 bits per heavy atom. The van der Waals surface area contributed by atoms with Gasteiger partial charge in [-0.2, -0.15) is 0 Å². The van der Waals surface area contributed by atoms with E-state index < -0.39 is 4.92 Å². The number of nitrogens with one attached hydrogen (secondary N) is 1. The first-order chi connectivity index (χ1) is 13.9. The molecule has 1 N–H and O–H groups in total. The van der Waals surface area contributed by atoms with Crippen molar-refractivity contribution in [2.24, 2.45) is 0 Å². The third-order valence-corrected chi connectivity index (χ3v) is 4.58. The summed E-state index contributed by atoms with van der Waals surface area (Å²) in [6.45, 7) is 5.76. The number of carbonyl (C=O) groups is 1. The summed E-state index contributed by atoms with van der Waals surface area (Å²) in [7, 11) is 0. The zero-order valence-electron chi connectivity index (χ0n) is 16.4. The Bertz CT molecular complexity index is 1040. The average Bonchev–Trinajstić information content (AvgIpc) is 3.04. The number of aromatic nitrogens is 1. The molecule has 1 heterocycles. The number of ether oxygens (including phenoxy) is 1. The molecule has 2 aromatic carbocycles. The Balaban J connectivity index is 1.72. The first-order valence-corrected chi connectivity index (χ1v) is 9.12. The van der Waals surface area contributed by atoms with Crippen LogP contribution in [-0.2, 0) is 13.0 Å². The van der Waals surface area contributed by atoms with Gasteiger partial charge in [-0.25, -0.2) is 0 Å². The molecular weight excluding hydrogens is 374 g/mol. The number of nitrogens with zero attached hydrogens (tertiary/aromatic N) is 2. The van der Waals surface area contributed by atoms with Gasteiger partial charge < -0.3 is 14.6 Å². The number of hydrogen-bond donors (Lipinski definition) is 1. The van der Waals surface area contributed by atoms with Crippen molar-refractivity contribution in [3.8, 4) is 5.75 Å². The molecule has 0 aliphatic heterocycles. The molecule has 8 nitrogen and oxygen atoms in total. The third-order valence-electron chi connectivity index (χ3n) is 4.58. The second kappa shape index (κ2) is 8.55. The Morgan fingerprint density at radius 2 is 2.03 bits per heavy atom. The molecule has 0 unspecified atom stereocenters. The van der Waals surface area contributed by atoms with Gasteiger partial charge in [-0.3, -0.25) is 14.9 Å². The minimum Gasteiger partial charge on any atom is -0.489 e. The van der Waals surface area contributed by atoms with Gasteiger partial charge in [0.15, 0.2) is 0 Å². The van der Waals surface area contributed by atoms with Crippen LogP contribution >= 0.6 is 0 Å². The molecular formula is C21H21N3O5.